The zero-order chi connectivity index (χ0) is 11.7. The summed E-state index contributed by atoms with van der Waals surface area (Å²) in [6.07, 6.45) is -0.534. The molecule has 7 nitrogen and oxygen atoms in total. The van der Waals surface area contributed by atoms with Crippen molar-refractivity contribution in [2.24, 2.45) is 0 Å². The maximum Gasteiger partial charge on any atom is 0.339 e. The fourth-order valence-electron chi connectivity index (χ4n) is 0.713. The monoisotopic (exact) mass is 241 g/mol. The van der Waals surface area contributed by atoms with E-state index in [1.807, 2.05) is 6.92 Å². The molecule has 0 aliphatic heterocycles. The Morgan fingerprint density at radius 3 is 2.60 bits per heavy atom. The first-order valence-electron chi connectivity index (χ1n) is 4.44. The molecule has 0 aromatic heterocycles. The van der Waals surface area contributed by atoms with Crippen molar-refractivity contribution >= 4 is 13.6 Å². The van der Waals surface area contributed by atoms with Gasteiger partial charge in [-0.2, -0.15) is 0 Å². The highest BCUT2D eigenvalue weighted by Gasteiger charge is 2.12. The molecule has 0 heterocycles. The van der Waals surface area contributed by atoms with Crippen LogP contribution < -0.4 is 5.32 Å². The van der Waals surface area contributed by atoms with Crippen molar-refractivity contribution < 1.29 is 28.6 Å². The first kappa shape index (κ1) is 14.5. The third-order valence-electron chi connectivity index (χ3n) is 1.28. The van der Waals surface area contributed by atoms with E-state index in [0.717, 1.165) is 0 Å². The predicted octanol–water partition coefficient (Wildman–Crippen LogP) is -0.709. The van der Waals surface area contributed by atoms with Crippen molar-refractivity contribution in [3.05, 3.63) is 0 Å². The number of rotatable bonds is 8. The third kappa shape index (κ3) is 11.5. The van der Waals surface area contributed by atoms with Crippen LogP contribution in [0.3, 0.4) is 0 Å². The molecule has 0 fully saturated rings. The molecule has 0 unspecified atom stereocenters. The molecule has 0 saturated heterocycles. The highest BCUT2D eigenvalue weighted by molar-refractivity contribution is 7.51. The first-order valence-corrected chi connectivity index (χ1v) is 6.24. The number of esters is 1. The second-order valence-corrected chi connectivity index (χ2v) is 4.31. The summed E-state index contributed by atoms with van der Waals surface area (Å²) in [6.45, 7) is 2.61. The molecule has 0 rings (SSSR count). The van der Waals surface area contributed by atoms with Gasteiger partial charge in [-0.25, -0.2) is 0 Å². The van der Waals surface area contributed by atoms with Gasteiger partial charge >= 0.3 is 13.6 Å². The normalized spacial score (nSPS) is 11.4. The Kier molecular flexibility index (Phi) is 7.54. The Morgan fingerprint density at radius 1 is 1.40 bits per heavy atom. The van der Waals surface area contributed by atoms with Crippen LogP contribution in [0.15, 0.2) is 0 Å². The highest BCUT2D eigenvalue weighted by Crippen LogP contribution is 2.31. The van der Waals surface area contributed by atoms with Crippen molar-refractivity contribution in [2.45, 2.75) is 6.92 Å². The van der Waals surface area contributed by atoms with E-state index < -0.39 is 19.9 Å². The zero-order valence-corrected chi connectivity index (χ0v) is 9.40. The highest BCUT2D eigenvalue weighted by atomic mass is 31.2. The van der Waals surface area contributed by atoms with Crippen molar-refractivity contribution in [1.29, 1.82) is 0 Å². The van der Waals surface area contributed by atoms with Crippen LogP contribution in [0.25, 0.3) is 0 Å². The molecule has 0 amide bonds. The van der Waals surface area contributed by atoms with Gasteiger partial charge in [0, 0.05) is 6.61 Å². The average Bonchev–Trinajstić information content (AvgIpc) is 2.10. The number of hydrogen-bond donors (Lipinski definition) is 3. The lowest BCUT2D eigenvalue weighted by molar-refractivity contribution is -0.143. The van der Waals surface area contributed by atoms with Gasteiger partial charge in [-0.3, -0.25) is 14.7 Å². The van der Waals surface area contributed by atoms with Gasteiger partial charge in [-0.05, 0) is 6.92 Å². The third-order valence-corrected chi connectivity index (χ3v) is 1.92. The van der Waals surface area contributed by atoms with Crippen LogP contribution in [0.4, 0.5) is 0 Å². The number of carbonyl (C=O) groups excluding carboxylic acids is 1. The minimum Gasteiger partial charge on any atom is -0.462 e. The van der Waals surface area contributed by atoms with E-state index in [4.69, 9.17) is 14.5 Å². The molecule has 90 valence electrons. The molecule has 3 N–H and O–H groups in total. The van der Waals surface area contributed by atoms with Gasteiger partial charge in [0.15, 0.2) is 0 Å². The lowest BCUT2D eigenvalue weighted by Gasteiger charge is -2.06. The molecular weight excluding hydrogens is 225 g/mol. The minimum absolute atomic E-state index is 0.143. The van der Waals surface area contributed by atoms with Gasteiger partial charge < -0.3 is 19.3 Å². The Bertz CT molecular complexity index is 228. The topological polar surface area (TPSA) is 105 Å². The quantitative estimate of drug-likeness (QED) is 0.293. The number of ether oxygens (including phenoxy) is 2. The van der Waals surface area contributed by atoms with Crippen molar-refractivity contribution in [2.75, 3.05) is 32.7 Å². The van der Waals surface area contributed by atoms with Crippen LogP contribution in [-0.4, -0.2) is 48.4 Å². The van der Waals surface area contributed by atoms with Crippen LogP contribution in [0.2, 0.25) is 0 Å². The Hall–Kier alpha value is -0.460. The van der Waals surface area contributed by atoms with E-state index in [-0.39, 0.29) is 13.2 Å². The molecule has 15 heavy (non-hydrogen) atoms. The van der Waals surface area contributed by atoms with Crippen LogP contribution in [0.1, 0.15) is 6.92 Å². The maximum absolute atomic E-state index is 10.9. The van der Waals surface area contributed by atoms with Crippen LogP contribution in [0.5, 0.6) is 0 Å². The summed E-state index contributed by atoms with van der Waals surface area (Å²) in [5.41, 5.74) is 0. The van der Waals surface area contributed by atoms with Crippen LogP contribution in [-0.2, 0) is 18.8 Å². The molecule has 0 aliphatic rings. The molecule has 0 radical (unpaired) electrons. The number of nitrogens with one attached hydrogen (secondary N) is 1. The molecule has 0 aromatic rings. The summed E-state index contributed by atoms with van der Waals surface area (Å²) in [7, 11) is -4.10. The van der Waals surface area contributed by atoms with Crippen molar-refractivity contribution in [3.63, 3.8) is 0 Å². The SMILES string of the molecule is CCOCCOC(=O)CNCP(=O)(O)O. The lowest BCUT2D eigenvalue weighted by Crippen LogP contribution is -2.26. The molecular formula is C7H16NO6P. The zero-order valence-electron chi connectivity index (χ0n) is 8.51. The lowest BCUT2D eigenvalue weighted by atomic mass is 10.6. The molecule has 0 bridgehead atoms. The second kappa shape index (κ2) is 7.78. The van der Waals surface area contributed by atoms with E-state index in [9.17, 15) is 9.36 Å². The summed E-state index contributed by atoms with van der Waals surface area (Å²) >= 11 is 0. The first-order chi connectivity index (χ1) is 6.95. The second-order valence-electron chi connectivity index (χ2n) is 2.67. The van der Waals surface area contributed by atoms with E-state index in [0.29, 0.717) is 13.2 Å². The molecule has 0 aliphatic carbocycles. The van der Waals surface area contributed by atoms with Crippen molar-refractivity contribution in [1.82, 2.24) is 5.32 Å². The maximum atomic E-state index is 10.9. The molecule has 0 saturated carbocycles. The van der Waals surface area contributed by atoms with Gasteiger partial charge in [0.05, 0.1) is 19.4 Å². The van der Waals surface area contributed by atoms with E-state index in [1.54, 1.807) is 0 Å². The fraction of sp³-hybridized carbons (Fsp3) is 0.857. The summed E-state index contributed by atoms with van der Waals surface area (Å²) in [4.78, 5) is 27.8. The Morgan fingerprint density at radius 2 is 2.07 bits per heavy atom. The largest absolute Gasteiger partial charge is 0.462 e. The van der Waals surface area contributed by atoms with Gasteiger partial charge in [0.25, 0.3) is 0 Å². The molecule has 0 spiro atoms. The standard InChI is InChI=1S/C7H16NO6P/c1-2-13-3-4-14-7(9)5-8-6-15(10,11)12/h8H,2-6H2,1H3,(H2,10,11,12). The molecule has 0 aromatic carbocycles. The minimum atomic E-state index is -4.10. The number of hydrogen-bond acceptors (Lipinski definition) is 5. The Balaban J connectivity index is 3.38. The predicted molar refractivity (Wildman–Crippen MR) is 52.4 cm³/mol. The average molecular weight is 241 g/mol. The molecule has 0 atom stereocenters. The van der Waals surface area contributed by atoms with Gasteiger partial charge in [0.1, 0.15) is 6.61 Å². The van der Waals surface area contributed by atoms with Gasteiger partial charge in [-0.1, -0.05) is 0 Å². The fourth-order valence-corrected chi connectivity index (χ4v) is 1.12. The van der Waals surface area contributed by atoms with E-state index in [2.05, 4.69) is 10.1 Å². The van der Waals surface area contributed by atoms with Crippen LogP contribution in [0, 0.1) is 0 Å². The number of carbonyl (C=O) groups is 1. The summed E-state index contributed by atoms with van der Waals surface area (Å²) < 4.78 is 20.0. The Labute approximate surface area is 87.9 Å². The molecule has 8 heteroatoms. The van der Waals surface area contributed by atoms with Crippen molar-refractivity contribution in [3.8, 4) is 0 Å². The van der Waals surface area contributed by atoms with Crippen LogP contribution >= 0.6 is 7.60 Å². The summed E-state index contributed by atoms with van der Waals surface area (Å²) in [5, 5.41) is 2.29. The van der Waals surface area contributed by atoms with Gasteiger partial charge in [0.2, 0.25) is 0 Å². The van der Waals surface area contributed by atoms with E-state index >= 15 is 0 Å². The van der Waals surface area contributed by atoms with Gasteiger partial charge in [-0.15, -0.1) is 0 Å². The summed E-state index contributed by atoms with van der Waals surface area (Å²) in [5.74, 6) is -0.567. The summed E-state index contributed by atoms with van der Waals surface area (Å²) in [6, 6.07) is 0. The van der Waals surface area contributed by atoms with E-state index in [1.165, 1.54) is 0 Å². The smallest absolute Gasteiger partial charge is 0.339 e.